The Morgan fingerprint density at radius 2 is 1.92 bits per heavy atom. The van der Waals surface area contributed by atoms with Gasteiger partial charge in [-0.15, -0.1) is 0 Å². The second kappa shape index (κ2) is 7.63. The molecule has 0 spiro atoms. The van der Waals surface area contributed by atoms with Gasteiger partial charge in [0.25, 0.3) is 0 Å². The molecule has 9 heteroatoms. The Morgan fingerprint density at radius 3 is 2.46 bits per heavy atom. The Balaban J connectivity index is 2.67. The van der Waals surface area contributed by atoms with Gasteiger partial charge in [-0.1, -0.05) is 12.1 Å². The van der Waals surface area contributed by atoms with Crippen molar-refractivity contribution in [1.29, 1.82) is 0 Å². The molecule has 8 nitrogen and oxygen atoms in total. The fourth-order valence-corrected chi connectivity index (χ4v) is 2.42. The Bertz CT molecular complexity index is 710. The van der Waals surface area contributed by atoms with E-state index in [0.717, 1.165) is 0 Å². The first-order valence-electron chi connectivity index (χ1n) is 7.25. The normalized spacial score (nSPS) is 13.0. The molecule has 0 saturated heterocycles. The van der Waals surface area contributed by atoms with Crippen LogP contribution in [-0.4, -0.2) is 32.1 Å². The predicted octanol–water partition coefficient (Wildman–Crippen LogP) is 1.33. The summed E-state index contributed by atoms with van der Waals surface area (Å²) in [6, 6.07) is 5.46. The molecule has 4 N–H and O–H groups in total. The van der Waals surface area contributed by atoms with E-state index in [0.29, 0.717) is 11.3 Å². The molecular formula is C15H23N3O5S. The van der Waals surface area contributed by atoms with Crippen LogP contribution in [0.25, 0.3) is 0 Å². The van der Waals surface area contributed by atoms with Gasteiger partial charge in [-0.25, -0.2) is 18.4 Å². The lowest BCUT2D eigenvalue weighted by atomic mass is 10.2. The van der Waals surface area contributed by atoms with Crippen LogP contribution in [0.5, 0.6) is 0 Å². The number of anilines is 1. The van der Waals surface area contributed by atoms with Gasteiger partial charge in [0.2, 0.25) is 15.9 Å². The topological polar surface area (TPSA) is 128 Å². The summed E-state index contributed by atoms with van der Waals surface area (Å²) in [7, 11) is -3.66. The van der Waals surface area contributed by atoms with Gasteiger partial charge in [0.15, 0.2) is 0 Å². The lowest BCUT2D eigenvalue weighted by molar-refractivity contribution is -0.117. The number of hydrogen-bond donors (Lipinski definition) is 3. The zero-order chi connectivity index (χ0) is 18.5. The minimum absolute atomic E-state index is 0.331. The molecule has 134 valence electrons. The molecule has 1 aromatic carbocycles. The summed E-state index contributed by atoms with van der Waals surface area (Å²) in [5, 5.41) is 10.0. The van der Waals surface area contributed by atoms with Gasteiger partial charge < -0.3 is 15.4 Å². The van der Waals surface area contributed by atoms with Crippen LogP contribution >= 0.6 is 0 Å². The highest BCUT2D eigenvalue weighted by molar-refractivity contribution is 7.88. The molecule has 0 saturated carbocycles. The van der Waals surface area contributed by atoms with E-state index in [1.54, 1.807) is 39.0 Å². The highest BCUT2D eigenvalue weighted by Gasteiger charge is 2.21. The monoisotopic (exact) mass is 357 g/mol. The van der Waals surface area contributed by atoms with E-state index in [1.807, 2.05) is 0 Å². The molecule has 2 amide bonds. The maximum Gasteiger partial charge on any atom is 0.408 e. The number of nitrogens with two attached hydrogens (primary N) is 1. The summed E-state index contributed by atoms with van der Waals surface area (Å²) in [6.45, 7) is 6.66. The smallest absolute Gasteiger partial charge is 0.408 e. The number of hydrogen-bond acceptors (Lipinski definition) is 5. The van der Waals surface area contributed by atoms with Crippen LogP contribution in [0.2, 0.25) is 0 Å². The molecule has 0 fully saturated rings. The van der Waals surface area contributed by atoms with E-state index in [9.17, 15) is 18.0 Å². The molecule has 1 aromatic rings. The molecule has 0 aliphatic rings. The van der Waals surface area contributed by atoms with E-state index in [2.05, 4.69) is 10.6 Å². The van der Waals surface area contributed by atoms with Crippen molar-refractivity contribution in [2.75, 3.05) is 5.32 Å². The fourth-order valence-electron chi connectivity index (χ4n) is 1.77. The van der Waals surface area contributed by atoms with Crippen LogP contribution in [-0.2, 0) is 25.3 Å². The summed E-state index contributed by atoms with van der Waals surface area (Å²) in [5.74, 6) is -0.795. The van der Waals surface area contributed by atoms with Crippen LogP contribution in [0.1, 0.15) is 33.3 Å². The van der Waals surface area contributed by atoms with Gasteiger partial charge in [0, 0.05) is 5.69 Å². The molecule has 0 aromatic heterocycles. The van der Waals surface area contributed by atoms with Gasteiger partial charge in [-0.3, -0.25) is 4.79 Å². The first-order valence-corrected chi connectivity index (χ1v) is 8.97. The maximum absolute atomic E-state index is 12.1. The minimum atomic E-state index is -3.66. The van der Waals surface area contributed by atoms with Crippen molar-refractivity contribution in [2.45, 2.75) is 45.1 Å². The molecule has 0 heterocycles. The zero-order valence-corrected chi connectivity index (χ0v) is 14.9. The summed E-state index contributed by atoms with van der Waals surface area (Å²) >= 11 is 0. The minimum Gasteiger partial charge on any atom is -0.444 e. The molecular weight excluding hydrogens is 334 g/mol. The van der Waals surface area contributed by atoms with E-state index >= 15 is 0 Å². The number of nitrogens with one attached hydrogen (secondary N) is 2. The highest BCUT2D eigenvalue weighted by Crippen LogP contribution is 2.13. The number of carbonyl (C=O) groups is 2. The molecule has 0 aliphatic carbocycles. The molecule has 24 heavy (non-hydrogen) atoms. The summed E-state index contributed by atoms with van der Waals surface area (Å²) in [4.78, 5) is 23.7. The Kier molecular flexibility index (Phi) is 6.33. The predicted molar refractivity (Wildman–Crippen MR) is 90.7 cm³/mol. The van der Waals surface area contributed by atoms with Crippen molar-refractivity contribution in [2.24, 2.45) is 5.14 Å². The fraction of sp³-hybridized carbons (Fsp3) is 0.467. The molecule has 1 atom stereocenters. The van der Waals surface area contributed by atoms with Gasteiger partial charge in [0.1, 0.15) is 11.6 Å². The SMILES string of the molecule is C[C@@H](NC(=O)OC(C)(C)C)C(=O)Nc1cccc(CS(N)(=O)=O)c1. The third-order valence-corrected chi connectivity index (χ3v) is 3.42. The summed E-state index contributed by atoms with van der Waals surface area (Å²) in [5.41, 5.74) is 0.185. The third-order valence-electron chi connectivity index (χ3n) is 2.69. The first-order chi connectivity index (χ1) is 10.9. The van der Waals surface area contributed by atoms with Crippen molar-refractivity contribution in [3.8, 4) is 0 Å². The summed E-state index contributed by atoms with van der Waals surface area (Å²) in [6.07, 6.45) is -0.701. The Labute approximate surface area is 141 Å². The van der Waals surface area contributed by atoms with Crippen LogP contribution in [0.15, 0.2) is 24.3 Å². The number of amides is 2. The molecule has 0 unspecified atom stereocenters. The highest BCUT2D eigenvalue weighted by atomic mass is 32.2. The average Bonchev–Trinajstić information content (AvgIpc) is 2.34. The molecule has 1 rings (SSSR count). The molecule has 0 bridgehead atoms. The van der Waals surface area contributed by atoms with Crippen molar-refractivity contribution in [1.82, 2.24) is 5.32 Å². The molecule has 0 aliphatic heterocycles. The van der Waals surface area contributed by atoms with Crippen LogP contribution < -0.4 is 15.8 Å². The van der Waals surface area contributed by atoms with Crippen LogP contribution in [0, 0.1) is 0 Å². The lowest BCUT2D eigenvalue weighted by Gasteiger charge is -2.21. The number of rotatable bonds is 5. The van der Waals surface area contributed by atoms with E-state index in [1.165, 1.54) is 13.0 Å². The van der Waals surface area contributed by atoms with Gasteiger partial charge >= 0.3 is 6.09 Å². The van der Waals surface area contributed by atoms with Gasteiger partial charge in [-0.05, 0) is 45.4 Å². The Morgan fingerprint density at radius 1 is 1.29 bits per heavy atom. The van der Waals surface area contributed by atoms with E-state index < -0.39 is 33.7 Å². The maximum atomic E-state index is 12.1. The van der Waals surface area contributed by atoms with Crippen LogP contribution in [0.3, 0.4) is 0 Å². The first kappa shape index (κ1) is 19.9. The standard InChI is InChI=1S/C15H23N3O5S/c1-10(17-14(20)23-15(2,3)4)13(19)18-12-7-5-6-11(8-12)9-24(16,21)22/h5-8,10H,9H2,1-4H3,(H,17,20)(H,18,19)(H2,16,21,22)/t10-/m1/s1. The number of sulfonamides is 1. The average molecular weight is 357 g/mol. The zero-order valence-electron chi connectivity index (χ0n) is 14.1. The number of alkyl carbamates (subject to hydrolysis) is 1. The van der Waals surface area contributed by atoms with Crippen molar-refractivity contribution < 1.29 is 22.7 Å². The quantitative estimate of drug-likeness (QED) is 0.732. The van der Waals surface area contributed by atoms with Gasteiger partial charge in [0.05, 0.1) is 5.75 Å². The van der Waals surface area contributed by atoms with Gasteiger partial charge in [-0.2, -0.15) is 0 Å². The number of ether oxygens (including phenoxy) is 1. The van der Waals surface area contributed by atoms with E-state index in [4.69, 9.17) is 9.88 Å². The largest absolute Gasteiger partial charge is 0.444 e. The van der Waals surface area contributed by atoms with Crippen molar-refractivity contribution in [3.05, 3.63) is 29.8 Å². The number of benzene rings is 1. The lowest BCUT2D eigenvalue weighted by Crippen LogP contribution is -2.43. The van der Waals surface area contributed by atoms with Crippen molar-refractivity contribution >= 4 is 27.7 Å². The van der Waals surface area contributed by atoms with Crippen LogP contribution in [0.4, 0.5) is 10.5 Å². The number of primary sulfonamides is 1. The number of carbonyl (C=O) groups excluding carboxylic acids is 2. The summed E-state index contributed by atoms with van der Waals surface area (Å²) < 4.78 is 27.3. The second-order valence-corrected chi connectivity index (χ2v) is 7.98. The molecule has 0 radical (unpaired) electrons. The van der Waals surface area contributed by atoms with E-state index in [-0.39, 0.29) is 5.75 Å². The third kappa shape index (κ3) is 7.93. The Hall–Kier alpha value is -2.13. The van der Waals surface area contributed by atoms with Crippen molar-refractivity contribution in [3.63, 3.8) is 0 Å². The second-order valence-electron chi connectivity index (χ2n) is 6.36.